The van der Waals surface area contributed by atoms with E-state index in [1.165, 1.54) is 6.07 Å². The third-order valence-electron chi connectivity index (χ3n) is 7.96. The Labute approximate surface area is 282 Å². The molecule has 0 bridgehead atoms. The van der Waals surface area contributed by atoms with E-state index in [9.17, 15) is 8.78 Å². The average molecular weight is 680 g/mol. The van der Waals surface area contributed by atoms with Gasteiger partial charge in [0.15, 0.2) is 0 Å². The van der Waals surface area contributed by atoms with Crippen molar-refractivity contribution in [3.05, 3.63) is 100 Å². The number of halogens is 4. The number of nitrogens with two attached hydrogens (primary N) is 1. The summed E-state index contributed by atoms with van der Waals surface area (Å²) in [5.41, 5.74) is 11.7. The number of ether oxygens (including phenoxy) is 2. The van der Waals surface area contributed by atoms with Gasteiger partial charge >= 0.3 is 0 Å². The first-order valence-corrected chi connectivity index (χ1v) is 16.0. The summed E-state index contributed by atoms with van der Waals surface area (Å²) in [6, 6.07) is 18.8. The molecule has 2 aromatic heterocycles. The normalized spacial score (nSPS) is 14.9. The summed E-state index contributed by atoms with van der Waals surface area (Å²) in [7, 11) is 0. The van der Waals surface area contributed by atoms with Crippen LogP contribution in [-0.4, -0.2) is 62.6 Å². The lowest BCUT2D eigenvalue weighted by atomic mass is 10.0. The topological polar surface area (TPSA) is 88.8 Å². The molecule has 0 unspecified atom stereocenters. The van der Waals surface area contributed by atoms with Gasteiger partial charge in [-0.15, -0.1) is 0 Å². The van der Waals surface area contributed by atoms with Crippen LogP contribution in [-0.2, 0) is 9.47 Å². The number of rotatable bonds is 5. The predicted octanol–water partition coefficient (Wildman–Crippen LogP) is 7.88. The first kappa shape index (κ1) is 32.7. The number of pyridine rings is 2. The van der Waals surface area contributed by atoms with Crippen LogP contribution in [0.1, 0.15) is 5.56 Å². The number of anilines is 5. The van der Waals surface area contributed by atoms with Crippen LogP contribution in [0.2, 0.25) is 10.0 Å². The van der Waals surface area contributed by atoms with Crippen molar-refractivity contribution in [2.45, 2.75) is 6.92 Å². The highest BCUT2D eigenvalue weighted by Gasteiger charge is 2.20. The maximum Gasteiger partial charge on any atom is 0.137 e. The van der Waals surface area contributed by atoms with Crippen molar-refractivity contribution >= 4 is 62.5 Å². The van der Waals surface area contributed by atoms with E-state index >= 15 is 0 Å². The molecule has 4 heterocycles. The molecule has 244 valence electrons. The van der Waals surface area contributed by atoms with Gasteiger partial charge in [0, 0.05) is 82.9 Å². The van der Waals surface area contributed by atoms with Crippen LogP contribution in [0.25, 0.3) is 22.3 Å². The van der Waals surface area contributed by atoms with Gasteiger partial charge in [-0.05, 0) is 55.5 Å². The molecule has 3 N–H and O–H groups in total. The van der Waals surface area contributed by atoms with Crippen LogP contribution >= 0.6 is 23.2 Å². The number of nitrogens with one attached hydrogen (secondary N) is 1. The predicted molar refractivity (Wildman–Crippen MR) is 186 cm³/mol. The van der Waals surface area contributed by atoms with Crippen molar-refractivity contribution in [1.82, 2.24) is 9.97 Å². The van der Waals surface area contributed by atoms with E-state index < -0.39 is 11.6 Å². The van der Waals surface area contributed by atoms with Crippen LogP contribution < -0.4 is 20.9 Å². The van der Waals surface area contributed by atoms with Crippen molar-refractivity contribution in [1.29, 1.82) is 0 Å². The molecule has 8 nitrogen and oxygen atoms in total. The number of hydrogen-bond acceptors (Lipinski definition) is 8. The SMILES string of the molecule is Cc1c(-c2ccccn2)nc2cc(F)cc(F)c2c1Nc1cc(Cl)cc(N2CCOCC2)c1.Nc1cc(Cl)cc(N2CCOCC2)c1. The molecule has 0 atom stereocenters. The van der Waals surface area contributed by atoms with Crippen molar-refractivity contribution in [3.8, 4) is 11.4 Å². The quantitative estimate of drug-likeness (QED) is 0.182. The summed E-state index contributed by atoms with van der Waals surface area (Å²) in [4.78, 5) is 13.3. The summed E-state index contributed by atoms with van der Waals surface area (Å²) in [6.45, 7) is 8.00. The van der Waals surface area contributed by atoms with Crippen LogP contribution in [0.5, 0.6) is 0 Å². The molecular weight excluding hydrogens is 645 g/mol. The van der Waals surface area contributed by atoms with E-state index in [-0.39, 0.29) is 10.9 Å². The zero-order valence-corrected chi connectivity index (χ0v) is 27.3. The minimum absolute atomic E-state index is 0.205. The molecule has 12 heteroatoms. The molecule has 47 heavy (non-hydrogen) atoms. The van der Waals surface area contributed by atoms with E-state index in [1.807, 2.05) is 43.3 Å². The summed E-state index contributed by atoms with van der Waals surface area (Å²) < 4.78 is 39.8. The number of aromatic nitrogens is 2. The second-order valence-electron chi connectivity index (χ2n) is 11.2. The second-order valence-corrected chi connectivity index (χ2v) is 12.1. The van der Waals surface area contributed by atoms with Crippen molar-refractivity contribution < 1.29 is 18.3 Å². The molecule has 2 fully saturated rings. The van der Waals surface area contributed by atoms with Gasteiger partial charge in [-0.25, -0.2) is 13.8 Å². The molecule has 3 aromatic carbocycles. The minimum atomic E-state index is -0.689. The maximum atomic E-state index is 15.0. The number of hydrogen-bond donors (Lipinski definition) is 2. The highest BCUT2D eigenvalue weighted by atomic mass is 35.5. The monoisotopic (exact) mass is 678 g/mol. The summed E-state index contributed by atoms with van der Waals surface area (Å²) in [5.74, 6) is -1.38. The highest BCUT2D eigenvalue weighted by molar-refractivity contribution is 6.31. The van der Waals surface area contributed by atoms with Crippen LogP contribution in [0.3, 0.4) is 0 Å². The van der Waals surface area contributed by atoms with Gasteiger partial charge in [0.25, 0.3) is 0 Å². The van der Waals surface area contributed by atoms with Crippen molar-refractivity contribution in [2.24, 2.45) is 0 Å². The van der Waals surface area contributed by atoms with Crippen molar-refractivity contribution in [3.63, 3.8) is 0 Å². The molecular formula is C35H34Cl2F2N6O2. The first-order valence-electron chi connectivity index (χ1n) is 15.2. The number of fused-ring (bicyclic) bond motifs is 1. The Kier molecular flexibility index (Phi) is 10.2. The summed E-state index contributed by atoms with van der Waals surface area (Å²) in [6.07, 6.45) is 1.66. The fourth-order valence-electron chi connectivity index (χ4n) is 5.71. The summed E-state index contributed by atoms with van der Waals surface area (Å²) >= 11 is 12.4. The van der Waals surface area contributed by atoms with E-state index in [4.69, 9.17) is 38.4 Å². The van der Waals surface area contributed by atoms with Crippen LogP contribution in [0.4, 0.5) is 37.2 Å². The second kappa shape index (κ2) is 14.7. The molecule has 2 aliphatic heterocycles. The fraction of sp³-hybridized carbons (Fsp3) is 0.257. The number of nitrogens with zero attached hydrogens (tertiary/aromatic N) is 4. The van der Waals surface area contributed by atoms with E-state index in [0.29, 0.717) is 57.3 Å². The van der Waals surface area contributed by atoms with Crippen LogP contribution in [0.15, 0.2) is 72.9 Å². The number of morpholine rings is 2. The third-order valence-corrected chi connectivity index (χ3v) is 8.40. The Balaban J connectivity index is 0.000000230. The van der Waals surface area contributed by atoms with Gasteiger partial charge in [0.05, 0.1) is 54.4 Å². The Morgan fingerprint density at radius 2 is 1.45 bits per heavy atom. The van der Waals surface area contributed by atoms with Gasteiger partial charge in [-0.2, -0.15) is 0 Å². The van der Waals surface area contributed by atoms with Gasteiger partial charge in [-0.3, -0.25) is 4.98 Å². The smallest absolute Gasteiger partial charge is 0.137 e. The van der Waals surface area contributed by atoms with Gasteiger partial charge in [0.1, 0.15) is 11.6 Å². The van der Waals surface area contributed by atoms with Gasteiger partial charge < -0.3 is 30.3 Å². The minimum Gasteiger partial charge on any atom is -0.399 e. The molecule has 0 amide bonds. The number of benzene rings is 3. The summed E-state index contributed by atoms with van der Waals surface area (Å²) in [5, 5.41) is 4.78. The standard InChI is InChI=1S/C25H21ClF2N4O.C10H13ClN2O/c1-15-24(21-4-2-3-5-29-21)31-22-13-17(27)12-20(28)23(22)25(15)30-18-10-16(26)11-19(14-18)32-6-8-33-9-7-32;11-8-5-9(12)7-10(6-8)13-1-3-14-4-2-13/h2-5,10-14H,6-9H2,1H3,(H,30,31);5-7H,1-4,12H2. The first-order chi connectivity index (χ1) is 22.7. The lowest BCUT2D eigenvalue weighted by Crippen LogP contribution is -2.36. The Hall–Kier alpha value is -4.22. The zero-order chi connectivity index (χ0) is 32.9. The largest absolute Gasteiger partial charge is 0.399 e. The van der Waals surface area contributed by atoms with Crippen LogP contribution in [0, 0.1) is 18.6 Å². The molecule has 5 aromatic rings. The fourth-order valence-corrected chi connectivity index (χ4v) is 6.18. The van der Waals surface area contributed by atoms with Gasteiger partial charge in [-0.1, -0.05) is 29.3 Å². The third kappa shape index (κ3) is 7.85. The molecule has 0 saturated carbocycles. The molecule has 0 spiro atoms. The van der Waals surface area contributed by atoms with Crippen molar-refractivity contribution in [2.75, 3.05) is 73.5 Å². The molecule has 0 aliphatic carbocycles. The lowest BCUT2D eigenvalue weighted by molar-refractivity contribution is 0.122. The maximum absolute atomic E-state index is 15.0. The molecule has 0 radical (unpaired) electrons. The van der Waals surface area contributed by atoms with Gasteiger partial charge in [0.2, 0.25) is 0 Å². The molecule has 2 saturated heterocycles. The highest BCUT2D eigenvalue weighted by Crippen LogP contribution is 2.38. The van der Waals surface area contributed by atoms with E-state index in [2.05, 4.69) is 25.1 Å². The Morgan fingerprint density at radius 1 is 0.809 bits per heavy atom. The molecule has 2 aliphatic rings. The Bertz CT molecular complexity index is 1850. The zero-order valence-electron chi connectivity index (χ0n) is 25.8. The molecule has 7 rings (SSSR count). The number of nitrogen functional groups attached to an aromatic ring is 1. The Morgan fingerprint density at radius 3 is 2.06 bits per heavy atom. The lowest BCUT2D eigenvalue weighted by Gasteiger charge is -2.29. The average Bonchev–Trinajstić information content (AvgIpc) is 3.06. The van der Waals surface area contributed by atoms with E-state index in [1.54, 1.807) is 24.4 Å². The van der Waals surface area contributed by atoms with E-state index in [0.717, 1.165) is 56.8 Å².